The van der Waals surface area contributed by atoms with E-state index in [0.717, 1.165) is 23.7 Å². The number of phenolic OH excluding ortho intramolecular Hbond substituents is 1. The Bertz CT molecular complexity index is 534. The predicted molar refractivity (Wildman–Crippen MR) is 79.8 cm³/mol. The Hall–Kier alpha value is -1.39. The molecule has 102 valence electrons. The third kappa shape index (κ3) is 3.78. The molecule has 1 heterocycles. The lowest BCUT2D eigenvalue weighted by Crippen LogP contribution is -2.21. The number of hydrogen-bond acceptors (Lipinski definition) is 4. The maximum Gasteiger partial charge on any atom is 0.115 e. The van der Waals surface area contributed by atoms with E-state index in [1.54, 1.807) is 23.5 Å². The van der Waals surface area contributed by atoms with Gasteiger partial charge in [0.1, 0.15) is 5.75 Å². The zero-order valence-corrected chi connectivity index (χ0v) is 12.4. The van der Waals surface area contributed by atoms with Crippen LogP contribution in [0.4, 0.5) is 0 Å². The van der Waals surface area contributed by atoms with E-state index in [2.05, 4.69) is 24.1 Å². The first-order valence-corrected chi connectivity index (χ1v) is 7.33. The minimum absolute atomic E-state index is 0.320. The summed E-state index contributed by atoms with van der Waals surface area (Å²) in [5.74, 6) is 0.320. The van der Waals surface area contributed by atoms with Gasteiger partial charge in [0.25, 0.3) is 0 Å². The highest BCUT2D eigenvalue weighted by molar-refractivity contribution is 7.11. The molecule has 2 aromatic rings. The fourth-order valence-electron chi connectivity index (χ4n) is 2.14. The molecule has 0 amide bonds. The van der Waals surface area contributed by atoms with Crippen LogP contribution in [0.5, 0.6) is 5.75 Å². The fourth-order valence-corrected chi connectivity index (χ4v) is 3.09. The lowest BCUT2D eigenvalue weighted by Gasteiger charge is -2.12. The number of aryl methyl sites for hydroxylation is 2. The van der Waals surface area contributed by atoms with Crippen LogP contribution in [-0.4, -0.2) is 16.6 Å². The zero-order valence-electron chi connectivity index (χ0n) is 11.6. The van der Waals surface area contributed by atoms with Gasteiger partial charge in [0.05, 0.1) is 10.7 Å². The molecule has 0 fully saturated rings. The Kier molecular flexibility index (Phi) is 4.56. The molecule has 1 aromatic carbocycles. The van der Waals surface area contributed by atoms with E-state index < -0.39 is 0 Å². The van der Waals surface area contributed by atoms with Crippen molar-refractivity contribution in [3.8, 4) is 5.75 Å². The summed E-state index contributed by atoms with van der Waals surface area (Å²) < 4.78 is 0. The van der Waals surface area contributed by atoms with Crippen molar-refractivity contribution in [1.82, 2.24) is 10.3 Å². The van der Waals surface area contributed by atoms with Crippen LogP contribution in [0.2, 0.25) is 0 Å². The normalized spacial score (nSPS) is 12.6. The molecule has 0 bridgehead atoms. The summed E-state index contributed by atoms with van der Waals surface area (Å²) in [6.45, 7) is 7.21. The molecule has 1 atom stereocenters. The first-order valence-electron chi connectivity index (χ1n) is 6.51. The van der Waals surface area contributed by atoms with E-state index >= 15 is 0 Å². The molecule has 4 heteroatoms. The molecule has 0 radical (unpaired) electrons. The van der Waals surface area contributed by atoms with E-state index in [0.29, 0.717) is 11.8 Å². The van der Waals surface area contributed by atoms with E-state index in [-0.39, 0.29) is 0 Å². The Morgan fingerprint density at radius 2 is 1.95 bits per heavy atom. The standard InChI is InChI=1S/C15H20N2OS/c1-10(15-11(2)17-12(3)19-15)16-9-8-13-4-6-14(18)7-5-13/h4-7,10,16,18H,8-9H2,1-3H3. The number of phenols is 1. The van der Waals surface area contributed by atoms with Crippen molar-refractivity contribution < 1.29 is 5.11 Å². The van der Waals surface area contributed by atoms with Crippen molar-refractivity contribution in [3.63, 3.8) is 0 Å². The zero-order chi connectivity index (χ0) is 13.8. The number of benzene rings is 1. The minimum Gasteiger partial charge on any atom is -0.508 e. The smallest absolute Gasteiger partial charge is 0.115 e. The predicted octanol–water partition coefficient (Wildman–Crippen LogP) is 3.36. The lowest BCUT2D eigenvalue weighted by atomic mass is 10.1. The highest BCUT2D eigenvalue weighted by atomic mass is 32.1. The van der Waals surface area contributed by atoms with Crippen LogP contribution >= 0.6 is 11.3 Å². The van der Waals surface area contributed by atoms with Gasteiger partial charge in [-0.25, -0.2) is 4.98 Å². The second-order valence-electron chi connectivity index (χ2n) is 4.77. The van der Waals surface area contributed by atoms with Gasteiger partial charge in [0.15, 0.2) is 0 Å². The van der Waals surface area contributed by atoms with Crippen LogP contribution in [-0.2, 0) is 6.42 Å². The number of hydrogen-bond donors (Lipinski definition) is 2. The molecule has 0 aliphatic carbocycles. The van der Waals surface area contributed by atoms with E-state index in [1.165, 1.54) is 10.4 Å². The molecule has 2 N–H and O–H groups in total. The van der Waals surface area contributed by atoms with Crippen molar-refractivity contribution in [3.05, 3.63) is 45.4 Å². The molecule has 0 saturated carbocycles. The van der Waals surface area contributed by atoms with Crippen molar-refractivity contribution in [1.29, 1.82) is 0 Å². The van der Waals surface area contributed by atoms with E-state index in [4.69, 9.17) is 0 Å². The number of rotatable bonds is 5. The first kappa shape index (κ1) is 14.0. The Balaban J connectivity index is 1.85. The van der Waals surface area contributed by atoms with Crippen LogP contribution < -0.4 is 5.32 Å². The van der Waals surface area contributed by atoms with Crippen molar-refractivity contribution in [2.75, 3.05) is 6.54 Å². The van der Waals surface area contributed by atoms with Gasteiger partial charge >= 0.3 is 0 Å². The average Bonchev–Trinajstić information content (AvgIpc) is 2.71. The number of aromatic nitrogens is 1. The first-order chi connectivity index (χ1) is 9.06. The largest absolute Gasteiger partial charge is 0.508 e. The van der Waals surface area contributed by atoms with Crippen LogP contribution in [0.3, 0.4) is 0 Å². The third-order valence-electron chi connectivity index (χ3n) is 3.13. The summed E-state index contributed by atoms with van der Waals surface area (Å²) >= 11 is 1.76. The molecule has 3 nitrogen and oxygen atoms in total. The van der Waals surface area contributed by atoms with Gasteiger partial charge in [-0.15, -0.1) is 11.3 Å². The van der Waals surface area contributed by atoms with Crippen molar-refractivity contribution in [2.45, 2.75) is 33.2 Å². The lowest BCUT2D eigenvalue weighted by molar-refractivity contribution is 0.475. The highest BCUT2D eigenvalue weighted by Gasteiger charge is 2.11. The van der Waals surface area contributed by atoms with Gasteiger partial charge < -0.3 is 10.4 Å². The van der Waals surface area contributed by atoms with Gasteiger partial charge in [0, 0.05) is 10.9 Å². The number of nitrogens with one attached hydrogen (secondary N) is 1. The summed E-state index contributed by atoms with van der Waals surface area (Å²) in [6, 6.07) is 7.72. The van der Waals surface area contributed by atoms with Gasteiger partial charge in [-0.1, -0.05) is 12.1 Å². The minimum atomic E-state index is 0.320. The molecule has 0 aliphatic heterocycles. The van der Waals surface area contributed by atoms with Gasteiger partial charge in [-0.2, -0.15) is 0 Å². The molecule has 0 saturated heterocycles. The van der Waals surface area contributed by atoms with Gasteiger partial charge in [-0.3, -0.25) is 0 Å². The molecular weight excluding hydrogens is 256 g/mol. The van der Waals surface area contributed by atoms with Crippen molar-refractivity contribution >= 4 is 11.3 Å². The van der Waals surface area contributed by atoms with Gasteiger partial charge in [0.2, 0.25) is 0 Å². The molecular formula is C15H20N2OS. The second-order valence-corrected chi connectivity index (χ2v) is 6.01. The quantitative estimate of drug-likeness (QED) is 0.880. The summed E-state index contributed by atoms with van der Waals surface area (Å²) in [6.07, 6.45) is 0.960. The fraction of sp³-hybridized carbons (Fsp3) is 0.400. The van der Waals surface area contributed by atoms with Crippen LogP contribution in [0, 0.1) is 13.8 Å². The van der Waals surface area contributed by atoms with Crippen LogP contribution in [0.25, 0.3) is 0 Å². The van der Waals surface area contributed by atoms with Crippen LogP contribution in [0.1, 0.15) is 34.1 Å². The van der Waals surface area contributed by atoms with E-state index in [1.807, 2.05) is 19.1 Å². The second kappa shape index (κ2) is 6.17. The van der Waals surface area contributed by atoms with Gasteiger partial charge in [-0.05, 0) is 51.4 Å². The van der Waals surface area contributed by atoms with Crippen LogP contribution in [0.15, 0.2) is 24.3 Å². The Morgan fingerprint density at radius 3 is 2.53 bits per heavy atom. The summed E-state index contributed by atoms with van der Waals surface area (Å²) in [5, 5.41) is 13.9. The Morgan fingerprint density at radius 1 is 1.26 bits per heavy atom. The maximum atomic E-state index is 9.23. The third-order valence-corrected chi connectivity index (χ3v) is 4.39. The molecule has 1 unspecified atom stereocenters. The average molecular weight is 276 g/mol. The van der Waals surface area contributed by atoms with Crippen molar-refractivity contribution in [2.24, 2.45) is 0 Å². The Labute approximate surface area is 118 Å². The summed E-state index contributed by atoms with van der Waals surface area (Å²) in [7, 11) is 0. The maximum absolute atomic E-state index is 9.23. The molecule has 0 aliphatic rings. The summed E-state index contributed by atoms with van der Waals surface area (Å²) in [5.41, 5.74) is 2.36. The highest BCUT2D eigenvalue weighted by Crippen LogP contribution is 2.24. The SMILES string of the molecule is Cc1nc(C)c(C(C)NCCc2ccc(O)cc2)s1. The molecule has 0 spiro atoms. The molecule has 2 rings (SSSR count). The molecule has 19 heavy (non-hydrogen) atoms. The topological polar surface area (TPSA) is 45.2 Å². The summed E-state index contributed by atoms with van der Waals surface area (Å²) in [4.78, 5) is 5.78. The van der Waals surface area contributed by atoms with E-state index in [9.17, 15) is 5.11 Å². The number of nitrogens with zero attached hydrogens (tertiary/aromatic N) is 1. The molecule has 1 aromatic heterocycles. The number of thiazole rings is 1. The number of aromatic hydroxyl groups is 1. The monoisotopic (exact) mass is 276 g/mol.